The molecule has 1 aliphatic carbocycles. The van der Waals surface area contributed by atoms with Gasteiger partial charge in [0.05, 0.1) is 5.56 Å². The molecule has 1 fully saturated rings. The van der Waals surface area contributed by atoms with E-state index < -0.39 is 35.9 Å². The lowest BCUT2D eigenvalue weighted by Crippen LogP contribution is -2.42. The minimum Gasteiger partial charge on any atom is -0.484 e. The van der Waals surface area contributed by atoms with E-state index in [2.05, 4.69) is 10.6 Å². The maximum atomic E-state index is 13.4. The molecule has 0 heterocycles. The monoisotopic (exact) mass is 296 g/mol. The van der Waals surface area contributed by atoms with Crippen molar-refractivity contribution in [2.75, 3.05) is 6.61 Å². The van der Waals surface area contributed by atoms with Gasteiger partial charge in [-0.1, -0.05) is 0 Å². The summed E-state index contributed by atoms with van der Waals surface area (Å²) in [6, 6.07) is 2.64. The van der Waals surface area contributed by atoms with Gasteiger partial charge in [-0.3, -0.25) is 10.1 Å². The first-order chi connectivity index (χ1) is 9.95. The minimum atomic E-state index is -1.39. The van der Waals surface area contributed by atoms with E-state index in [0.29, 0.717) is 0 Å². The van der Waals surface area contributed by atoms with Gasteiger partial charge >= 0.3 is 12.0 Å². The zero-order chi connectivity index (χ0) is 15.4. The van der Waals surface area contributed by atoms with Crippen LogP contribution in [0.2, 0.25) is 0 Å². The minimum absolute atomic E-state index is 0.00440. The second kappa shape index (κ2) is 6.21. The van der Waals surface area contributed by atoms with Gasteiger partial charge < -0.3 is 15.2 Å². The van der Waals surface area contributed by atoms with E-state index in [9.17, 15) is 18.8 Å². The zero-order valence-electron chi connectivity index (χ0n) is 10.9. The van der Waals surface area contributed by atoms with E-state index in [4.69, 9.17) is 9.84 Å². The quantitative estimate of drug-likeness (QED) is 0.748. The Morgan fingerprint density at radius 3 is 2.62 bits per heavy atom. The fourth-order valence-electron chi connectivity index (χ4n) is 1.52. The first-order valence-corrected chi connectivity index (χ1v) is 6.21. The normalized spacial score (nSPS) is 13.4. The molecule has 8 heteroatoms. The molecule has 3 N–H and O–H groups in total. The summed E-state index contributed by atoms with van der Waals surface area (Å²) in [4.78, 5) is 33.3. The summed E-state index contributed by atoms with van der Waals surface area (Å²) in [5.41, 5.74) is -0.490. The van der Waals surface area contributed by atoms with Crippen molar-refractivity contribution in [2.24, 2.45) is 0 Å². The standard InChI is InChI=1S/C13H13FN2O5/c14-10-5-8(3-4-9(10)12(18)19)21-6-11(17)16-13(20)15-7-1-2-7/h3-5,7H,1-2,6H2,(H,18,19)(H2,15,16,17,20). The number of aromatic carboxylic acids is 1. The van der Waals surface area contributed by atoms with E-state index in [1.165, 1.54) is 6.07 Å². The topological polar surface area (TPSA) is 105 Å². The summed E-state index contributed by atoms with van der Waals surface area (Å²) in [7, 11) is 0. The van der Waals surface area contributed by atoms with Crippen LogP contribution in [0.3, 0.4) is 0 Å². The van der Waals surface area contributed by atoms with Crippen LogP contribution in [0.1, 0.15) is 23.2 Å². The third-order valence-corrected chi connectivity index (χ3v) is 2.71. The highest BCUT2D eigenvalue weighted by atomic mass is 19.1. The average molecular weight is 296 g/mol. The van der Waals surface area contributed by atoms with Crippen molar-refractivity contribution in [3.8, 4) is 5.75 Å². The van der Waals surface area contributed by atoms with Gasteiger partial charge in [-0.05, 0) is 25.0 Å². The number of nitrogens with one attached hydrogen (secondary N) is 2. The van der Waals surface area contributed by atoms with Gasteiger partial charge in [0, 0.05) is 12.1 Å². The first kappa shape index (κ1) is 14.8. The van der Waals surface area contributed by atoms with Gasteiger partial charge in [0.1, 0.15) is 11.6 Å². The van der Waals surface area contributed by atoms with Crippen molar-refractivity contribution in [1.82, 2.24) is 10.6 Å². The molecule has 0 saturated heterocycles. The number of ether oxygens (including phenoxy) is 1. The molecule has 0 atom stereocenters. The van der Waals surface area contributed by atoms with Gasteiger partial charge in [0.25, 0.3) is 5.91 Å². The summed E-state index contributed by atoms with van der Waals surface area (Å²) in [5.74, 6) is -3.05. The molecule has 1 aromatic rings. The Morgan fingerprint density at radius 2 is 2.05 bits per heavy atom. The molecule has 1 saturated carbocycles. The van der Waals surface area contributed by atoms with Crippen LogP contribution in [-0.2, 0) is 4.79 Å². The Balaban J connectivity index is 1.81. The van der Waals surface area contributed by atoms with Gasteiger partial charge in [-0.2, -0.15) is 0 Å². The molecule has 21 heavy (non-hydrogen) atoms. The highest BCUT2D eigenvalue weighted by Gasteiger charge is 2.23. The number of carboxylic acid groups (broad SMARTS) is 1. The summed E-state index contributed by atoms with van der Waals surface area (Å²) < 4.78 is 18.3. The van der Waals surface area contributed by atoms with Crippen LogP contribution >= 0.6 is 0 Å². The fourth-order valence-corrected chi connectivity index (χ4v) is 1.52. The molecular formula is C13H13FN2O5. The molecule has 0 spiro atoms. The van der Waals surface area contributed by atoms with Crippen LogP contribution in [-0.4, -0.2) is 35.7 Å². The number of amides is 3. The highest BCUT2D eigenvalue weighted by molar-refractivity contribution is 5.95. The predicted molar refractivity (Wildman–Crippen MR) is 68.6 cm³/mol. The number of urea groups is 1. The smallest absolute Gasteiger partial charge is 0.338 e. The molecule has 0 aliphatic heterocycles. The molecule has 0 radical (unpaired) electrons. The molecule has 3 amide bonds. The lowest BCUT2D eigenvalue weighted by molar-refractivity contribution is -0.122. The van der Waals surface area contributed by atoms with Gasteiger partial charge in [0.15, 0.2) is 6.61 Å². The molecule has 1 aromatic carbocycles. The maximum absolute atomic E-state index is 13.4. The third kappa shape index (κ3) is 4.44. The Hall–Kier alpha value is -2.64. The summed E-state index contributed by atoms with van der Waals surface area (Å²) in [5, 5.41) is 13.3. The molecule has 0 unspecified atom stereocenters. The number of halogens is 1. The first-order valence-electron chi connectivity index (χ1n) is 6.21. The van der Waals surface area contributed by atoms with E-state index in [1.807, 2.05) is 0 Å². The van der Waals surface area contributed by atoms with Crippen molar-refractivity contribution in [2.45, 2.75) is 18.9 Å². The SMILES string of the molecule is O=C(COc1ccc(C(=O)O)c(F)c1)NC(=O)NC1CC1. The maximum Gasteiger partial charge on any atom is 0.338 e. The van der Waals surface area contributed by atoms with Crippen LogP contribution in [0.5, 0.6) is 5.75 Å². The molecule has 0 aromatic heterocycles. The molecule has 112 valence electrons. The van der Waals surface area contributed by atoms with E-state index in [0.717, 1.165) is 25.0 Å². The number of hydrogen-bond donors (Lipinski definition) is 3. The van der Waals surface area contributed by atoms with Crippen LogP contribution in [0.15, 0.2) is 18.2 Å². The van der Waals surface area contributed by atoms with Crippen molar-refractivity contribution >= 4 is 17.9 Å². The molecule has 2 rings (SSSR count). The second-order valence-corrected chi connectivity index (χ2v) is 4.53. The van der Waals surface area contributed by atoms with Gasteiger partial charge in [0.2, 0.25) is 0 Å². The Morgan fingerprint density at radius 1 is 1.33 bits per heavy atom. The Labute approximate surface area is 119 Å². The number of imide groups is 1. The van der Waals surface area contributed by atoms with Gasteiger partial charge in [-0.25, -0.2) is 14.0 Å². The van der Waals surface area contributed by atoms with E-state index in [-0.39, 0.29) is 11.8 Å². The molecule has 1 aliphatic rings. The van der Waals surface area contributed by atoms with Crippen molar-refractivity contribution in [3.63, 3.8) is 0 Å². The summed E-state index contributed by atoms with van der Waals surface area (Å²) in [6.07, 6.45) is 1.79. The second-order valence-electron chi connectivity index (χ2n) is 4.53. The predicted octanol–water partition coefficient (Wildman–Crippen LogP) is 0.891. The lowest BCUT2D eigenvalue weighted by atomic mass is 10.2. The van der Waals surface area contributed by atoms with Crippen molar-refractivity contribution in [3.05, 3.63) is 29.6 Å². The van der Waals surface area contributed by atoms with Crippen LogP contribution < -0.4 is 15.4 Å². The molecule has 0 bridgehead atoms. The number of hydrogen-bond acceptors (Lipinski definition) is 4. The Kier molecular flexibility index (Phi) is 4.36. The largest absolute Gasteiger partial charge is 0.484 e. The number of carbonyl (C=O) groups is 3. The lowest BCUT2D eigenvalue weighted by Gasteiger charge is -2.08. The van der Waals surface area contributed by atoms with Crippen molar-refractivity contribution < 1.29 is 28.6 Å². The average Bonchev–Trinajstić information content (AvgIpc) is 3.19. The molecular weight excluding hydrogens is 283 g/mol. The third-order valence-electron chi connectivity index (χ3n) is 2.71. The molecule has 7 nitrogen and oxygen atoms in total. The van der Waals surface area contributed by atoms with Crippen LogP contribution in [0.4, 0.5) is 9.18 Å². The number of carboxylic acids is 1. The number of carbonyl (C=O) groups excluding carboxylic acids is 2. The van der Waals surface area contributed by atoms with E-state index >= 15 is 0 Å². The zero-order valence-corrected chi connectivity index (χ0v) is 10.9. The fraction of sp³-hybridized carbons (Fsp3) is 0.308. The summed E-state index contributed by atoms with van der Waals surface area (Å²) in [6.45, 7) is -0.482. The van der Waals surface area contributed by atoms with Crippen molar-refractivity contribution in [1.29, 1.82) is 0 Å². The van der Waals surface area contributed by atoms with Gasteiger partial charge in [-0.15, -0.1) is 0 Å². The van der Waals surface area contributed by atoms with Crippen LogP contribution in [0, 0.1) is 5.82 Å². The van der Waals surface area contributed by atoms with Crippen LogP contribution in [0.25, 0.3) is 0 Å². The Bertz CT molecular complexity index is 586. The highest BCUT2D eigenvalue weighted by Crippen LogP contribution is 2.18. The van der Waals surface area contributed by atoms with E-state index in [1.54, 1.807) is 0 Å². The summed E-state index contributed by atoms with van der Waals surface area (Å²) >= 11 is 0. The number of rotatable bonds is 5. The number of benzene rings is 1.